The number of hydrogen-bond acceptors (Lipinski definition) is 6. The minimum absolute atomic E-state index is 0.297. The van der Waals surface area contributed by atoms with Gasteiger partial charge in [-0.15, -0.1) is 0 Å². The van der Waals surface area contributed by atoms with Crippen LogP contribution >= 0.6 is 19.1 Å². The van der Waals surface area contributed by atoms with Crippen molar-refractivity contribution in [3.63, 3.8) is 0 Å². The number of benzene rings is 6. The number of hydrogen-bond donors (Lipinski definition) is 4. The predicted molar refractivity (Wildman–Crippen MR) is 219 cm³/mol. The maximum Gasteiger partial charge on any atom is 0.351 e. The van der Waals surface area contributed by atoms with Gasteiger partial charge >= 0.3 is 7.56 Å². The molecule has 7 rings (SSSR count). The average molecular weight is 748 g/mol. The molecule has 0 aromatic heterocycles. The third-order valence-corrected chi connectivity index (χ3v) is 9.76. The van der Waals surface area contributed by atoms with Gasteiger partial charge in [0.05, 0.1) is 5.41 Å². The van der Waals surface area contributed by atoms with Crippen LogP contribution in [0.2, 0.25) is 6.82 Å². The fourth-order valence-corrected chi connectivity index (χ4v) is 7.34. The van der Waals surface area contributed by atoms with Crippen molar-refractivity contribution in [2.24, 2.45) is 0 Å². The molecule has 1 aliphatic carbocycles. The molecule has 1 radical (unpaired) electrons. The molecule has 0 spiro atoms. The topological polar surface area (TPSA) is 80.9 Å². The van der Waals surface area contributed by atoms with E-state index in [1.54, 1.807) is 36.0 Å². The zero-order valence-corrected chi connectivity index (χ0v) is 32.6. The van der Waals surface area contributed by atoms with Crippen molar-refractivity contribution < 1.29 is 24.7 Å². The van der Waals surface area contributed by atoms with Gasteiger partial charge in [-0.05, 0) is 146 Å². The molecule has 0 saturated heterocycles. The Labute approximate surface area is 318 Å². The van der Waals surface area contributed by atoms with E-state index in [0.29, 0.717) is 30.6 Å². The Morgan fingerprint density at radius 1 is 0.558 bits per heavy atom. The molecule has 4 nitrogen and oxygen atoms in total. The fraction of sp³-hybridized carbons (Fsp3) is 0.163. The fourth-order valence-electron chi connectivity index (χ4n) is 6.32. The first-order valence-electron chi connectivity index (χ1n) is 16.6. The smallest absolute Gasteiger partial charge is 0.351 e. The van der Waals surface area contributed by atoms with Gasteiger partial charge in [-0.2, -0.15) is 0 Å². The molecule has 0 amide bonds. The van der Waals surface area contributed by atoms with E-state index in [-0.39, 0.29) is 0 Å². The summed E-state index contributed by atoms with van der Waals surface area (Å²) in [4.78, 5) is 2.15. The van der Waals surface area contributed by atoms with Crippen molar-refractivity contribution in [1.29, 1.82) is 0 Å². The van der Waals surface area contributed by atoms with Crippen LogP contribution in [0.25, 0.3) is 11.1 Å². The summed E-state index contributed by atoms with van der Waals surface area (Å²) < 4.78 is 10.2. The van der Waals surface area contributed by atoms with Crippen LogP contribution in [0, 0.1) is 27.7 Å². The molecule has 52 heavy (non-hydrogen) atoms. The van der Waals surface area contributed by atoms with Gasteiger partial charge in [0.15, 0.2) is 0 Å². The predicted octanol–water partition coefficient (Wildman–Crippen LogP) is 11.6. The van der Waals surface area contributed by atoms with E-state index in [4.69, 9.17) is 0 Å². The van der Waals surface area contributed by atoms with Gasteiger partial charge in [0.1, 0.15) is 23.0 Å². The molecular weight excluding hydrogens is 705 g/mol. The Hall–Kier alpha value is -4.62. The molecule has 4 N–H and O–H groups in total. The Kier molecular flexibility index (Phi) is 14.1. The maximum absolute atomic E-state index is 10.2. The van der Waals surface area contributed by atoms with E-state index in [9.17, 15) is 24.7 Å². The van der Waals surface area contributed by atoms with Crippen molar-refractivity contribution in [2.45, 2.75) is 49.7 Å². The summed E-state index contributed by atoms with van der Waals surface area (Å²) in [5.41, 5.74) is 10.0. The molecule has 0 atom stereocenters. The lowest BCUT2D eigenvalue weighted by Gasteiger charge is -2.34. The molecule has 6 aromatic carbocycles. The first-order chi connectivity index (χ1) is 24.9. The standard InChI is InChI=1S/C27H22O2.C14H14O2S.CH3BF.CH3PS/c1-17-15-19(11-13-25(17)28)27(20-12-14-26(29)18(2)16-20)23-9-5-3-7-21(23)22-8-4-6-10-24(22)27;1-9-7-11(3-5-13(9)15)17-12-4-6-14(16)10(2)8-12;2*1-2-3/h3-16,28-29H,1-2H3;3-8,15-16H,1-2H3;2*1H3. The van der Waals surface area contributed by atoms with Gasteiger partial charge in [-0.3, -0.25) is 0 Å². The van der Waals surface area contributed by atoms with Crippen LogP contribution in [-0.2, 0) is 17.2 Å². The van der Waals surface area contributed by atoms with E-state index in [0.717, 1.165) is 50.5 Å². The van der Waals surface area contributed by atoms with E-state index >= 15 is 0 Å². The highest BCUT2D eigenvalue weighted by Crippen LogP contribution is 2.56. The highest BCUT2D eigenvalue weighted by molar-refractivity contribution is 7.99. The monoisotopic (exact) mass is 747 g/mol. The molecule has 0 bridgehead atoms. The lowest BCUT2D eigenvalue weighted by atomic mass is 9.67. The van der Waals surface area contributed by atoms with Crippen LogP contribution < -0.4 is 0 Å². The summed E-state index contributed by atoms with van der Waals surface area (Å²) in [5.74, 6) is 1.23. The molecule has 0 saturated carbocycles. The van der Waals surface area contributed by atoms with E-state index < -0.39 is 5.41 Å². The van der Waals surface area contributed by atoms with Crippen LogP contribution in [0.3, 0.4) is 0 Å². The van der Waals surface area contributed by atoms with Crippen molar-refractivity contribution in [3.05, 3.63) is 166 Å². The molecule has 0 unspecified atom stereocenters. The van der Waals surface area contributed by atoms with Gasteiger partial charge in [0, 0.05) is 9.79 Å². The van der Waals surface area contributed by atoms with Crippen LogP contribution in [0.4, 0.5) is 4.32 Å². The Morgan fingerprint density at radius 2 is 0.865 bits per heavy atom. The SMILES string of the molecule is CP=S.C[B]F.Cc1cc(C2(c3ccc(O)c(C)c3)c3ccccc3-c3ccccc32)ccc1O.Cc1cc(Sc2ccc(O)c(C)c2)ccc1O. The van der Waals surface area contributed by atoms with Gasteiger partial charge in [0.2, 0.25) is 0 Å². The van der Waals surface area contributed by atoms with E-state index in [2.05, 4.69) is 72.5 Å². The second-order valence-electron chi connectivity index (χ2n) is 12.2. The third kappa shape index (κ3) is 8.70. The molecular formula is C43H42BFO4PS2. The second-order valence-corrected chi connectivity index (χ2v) is 14.9. The van der Waals surface area contributed by atoms with Crippen LogP contribution in [0.5, 0.6) is 23.0 Å². The number of fused-ring (bicyclic) bond motifs is 3. The third-order valence-electron chi connectivity index (χ3n) is 8.78. The number of phenolic OH excluding ortho intramolecular Hbond substituents is 4. The summed E-state index contributed by atoms with van der Waals surface area (Å²) in [5, 5.41) is 39.3. The largest absolute Gasteiger partial charge is 0.508 e. The quantitative estimate of drug-likeness (QED) is 0.106. The normalized spacial score (nSPS) is 11.8. The zero-order valence-electron chi connectivity index (χ0n) is 30.1. The molecule has 0 fully saturated rings. The lowest BCUT2D eigenvalue weighted by molar-refractivity contribution is 0.469. The second kappa shape index (κ2) is 18.2. The van der Waals surface area contributed by atoms with Crippen LogP contribution in [0.1, 0.15) is 44.5 Å². The minimum Gasteiger partial charge on any atom is -0.508 e. The summed E-state index contributed by atoms with van der Waals surface area (Å²) in [6.07, 6.45) is 0. The number of rotatable bonds is 4. The highest BCUT2D eigenvalue weighted by Gasteiger charge is 2.46. The zero-order chi connectivity index (χ0) is 38.0. The number of halogens is 1. The molecule has 265 valence electrons. The Balaban J connectivity index is 0.000000223. The summed E-state index contributed by atoms with van der Waals surface area (Å²) in [6, 6.07) is 39.9. The lowest BCUT2D eigenvalue weighted by Crippen LogP contribution is -2.28. The highest BCUT2D eigenvalue weighted by atomic mass is 32.4. The van der Waals surface area contributed by atoms with E-state index in [1.807, 2.05) is 70.8 Å². The van der Waals surface area contributed by atoms with Crippen molar-refractivity contribution >= 4 is 38.5 Å². The summed E-state index contributed by atoms with van der Waals surface area (Å²) in [7, 11) is 1.50. The molecule has 0 aliphatic heterocycles. The van der Waals surface area contributed by atoms with Crippen molar-refractivity contribution in [2.75, 3.05) is 6.66 Å². The molecule has 9 heteroatoms. The minimum atomic E-state index is -0.510. The Bertz CT molecular complexity index is 2030. The number of aryl methyl sites for hydroxylation is 4. The molecule has 1 aliphatic rings. The maximum atomic E-state index is 10.2. The average Bonchev–Trinajstić information content (AvgIpc) is 3.43. The summed E-state index contributed by atoms with van der Waals surface area (Å²) in [6.45, 7) is 10.9. The summed E-state index contributed by atoms with van der Waals surface area (Å²) >= 11 is 5.98. The van der Waals surface area contributed by atoms with Gasteiger partial charge in [-0.25, -0.2) is 0 Å². The van der Waals surface area contributed by atoms with Crippen LogP contribution in [-0.4, -0.2) is 34.6 Å². The van der Waals surface area contributed by atoms with Gasteiger partial charge < -0.3 is 24.7 Å². The first kappa shape index (κ1) is 40.2. The Morgan fingerprint density at radius 3 is 1.19 bits per heavy atom. The first-order valence-corrected chi connectivity index (χ1v) is 19.8. The van der Waals surface area contributed by atoms with Crippen molar-refractivity contribution in [3.8, 4) is 34.1 Å². The molecule has 6 aromatic rings. The number of aromatic hydroxyl groups is 4. The van der Waals surface area contributed by atoms with Gasteiger partial charge in [0.25, 0.3) is 0 Å². The van der Waals surface area contributed by atoms with Crippen LogP contribution in [0.15, 0.2) is 131 Å². The number of phenols is 4. The molecule has 0 heterocycles. The van der Waals surface area contributed by atoms with Gasteiger partial charge in [-0.1, -0.05) is 103 Å². The van der Waals surface area contributed by atoms with E-state index in [1.165, 1.54) is 29.1 Å². The van der Waals surface area contributed by atoms with Crippen molar-refractivity contribution in [1.82, 2.24) is 0 Å².